The van der Waals surface area contributed by atoms with E-state index in [2.05, 4.69) is 4.90 Å². The third-order valence-electron chi connectivity index (χ3n) is 3.56. The topological polar surface area (TPSA) is 30.9 Å². The Bertz CT molecular complexity index is 434. The molecule has 104 valence electrons. The molecule has 0 atom stereocenters. The number of rotatable bonds is 4. The zero-order valence-electron chi connectivity index (χ0n) is 10.8. The molecule has 2 heterocycles. The normalized spacial score (nSPS) is 22.2. The first kappa shape index (κ1) is 13.2. The smallest absolute Gasteiger partial charge is 0.182 e. The third kappa shape index (κ3) is 3.20. The van der Waals surface area contributed by atoms with Crippen molar-refractivity contribution in [3.63, 3.8) is 0 Å². The molecular formula is C14H18ClNO3. The summed E-state index contributed by atoms with van der Waals surface area (Å²) >= 11 is 5.91. The molecule has 0 saturated carbocycles. The summed E-state index contributed by atoms with van der Waals surface area (Å²) in [5.41, 5.74) is 0. The maximum atomic E-state index is 5.91. The summed E-state index contributed by atoms with van der Waals surface area (Å²) in [6, 6.07) is 7.48. The van der Waals surface area contributed by atoms with Crippen LogP contribution in [0.25, 0.3) is 0 Å². The molecule has 0 amide bonds. The second kappa shape index (κ2) is 5.67. The van der Waals surface area contributed by atoms with Crippen LogP contribution in [0.5, 0.6) is 5.75 Å². The molecule has 4 nitrogen and oxygen atoms in total. The van der Waals surface area contributed by atoms with E-state index in [1.54, 1.807) is 0 Å². The summed E-state index contributed by atoms with van der Waals surface area (Å²) in [6.07, 6.45) is 0.949. The lowest BCUT2D eigenvalue weighted by Gasteiger charge is -2.22. The Kier molecular flexibility index (Phi) is 3.93. The van der Waals surface area contributed by atoms with Gasteiger partial charge in [0.25, 0.3) is 0 Å². The second-order valence-corrected chi connectivity index (χ2v) is 5.38. The zero-order valence-corrected chi connectivity index (χ0v) is 11.6. The first-order valence-corrected chi connectivity index (χ1v) is 7.02. The lowest BCUT2D eigenvalue weighted by atomic mass is 10.2. The van der Waals surface area contributed by atoms with E-state index in [0.717, 1.165) is 31.8 Å². The fraction of sp³-hybridized carbons (Fsp3) is 0.571. The molecular weight excluding hydrogens is 266 g/mol. The fourth-order valence-corrected chi connectivity index (χ4v) is 2.78. The van der Waals surface area contributed by atoms with E-state index in [-0.39, 0.29) is 5.79 Å². The van der Waals surface area contributed by atoms with Crippen molar-refractivity contribution in [2.45, 2.75) is 12.2 Å². The molecule has 5 heteroatoms. The van der Waals surface area contributed by atoms with Gasteiger partial charge >= 0.3 is 0 Å². The minimum Gasteiger partial charge on any atom is -0.492 e. The summed E-state index contributed by atoms with van der Waals surface area (Å²) < 4.78 is 17.1. The van der Waals surface area contributed by atoms with Crippen LogP contribution in [0.3, 0.4) is 0 Å². The van der Waals surface area contributed by atoms with E-state index in [1.165, 1.54) is 0 Å². The van der Waals surface area contributed by atoms with Crippen LogP contribution in [0.2, 0.25) is 5.02 Å². The molecule has 2 aliphatic rings. The Labute approximate surface area is 118 Å². The summed E-state index contributed by atoms with van der Waals surface area (Å²) in [4.78, 5) is 2.32. The molecule has 3 rings (SSSR count). The molecule has 0 aliphatic carbocycles. The lowest BCUT2D eigenvalue weighted by molar-refractivity contribution is -0.145. The Balaban J connectivity index is 1.43. The molecule has 2 aliphatic heterocycles. The highest BCUT2D eigenvalue weighted by Gasteiger charge is 2.42. The summed E-state index contributed by atoms with van der Waals surface area (Å²) in [6.45, 7) is 4.79. The van der Waals surface area contributed by atoms with Crippen molar-refractivity contribution in [1.82, 2.24) is 4.90 Å². The van der Waals surface area contributed by atoms with Crippen molar-refractivity contribution in [3.05, 3.63) is 29.3 Å². The Morgan fingerprint density at radius 1 is 1.32 bits per heavy atom. The summed E-state index contributed by atoms with van der Waals surface area (Å²) in [5, 5.41) is 0.699. The van der Waals surface area contributed by atoms with Gasteiger partial charge in [0, 0.05) is 24.5 Å². The summed E-state index contributed by atoms with van der Waals surface area (Å²) in [7, 11) is 0. The van der Waals surface area contributed by atoms with Crippen LogP contribution in [0.15, 0.2) is 24.3 Å². The molecule has 2 saturated heterocycles. The monoisotopic (exact) mass is 283 g/mol. The Morgan fingerprint density at radius 2 is 2.16 bits per heavy atom. The fourth-order valence-electron chi connectivity index (χ4n) is 2.60. The van der Waals surface area contributed by atoms with Crippen LogP contribution in [-0.4, -0.2) is 50.1 Å². The minimum absolute atomic E-state index is 0.337. The molecule has 2 fully saturated rings. The van der Waals surface area contributed by atoms with Gasteiger partial charge in [0.1, 0.15) is 12.4 Å². The van der Waals surface area contributed by atoms with Gasteiger partial charge in [0.2, 0.25) is 0 Å². The van der Waals surface area contributed by atoms with Crippen molar-refractivity contribution in [2.75, 3.05) is 39.5 Å². The van der Waals surface area contributed by atoms with Crippen molar-refractivity contribution >= 4 is 11.6 Å². The van der Waals surface area contributed by atoms with E-state index in [9.17, 15) is 0 Å². The molecule has 0 radical (unpaired) electrons. The van der Waals surface area contributed by atoms with Crippen molar-refractivity contribution in [3.8, 4) is 5.75 Å². The van der Waals surface area contributed by atoms with Gasteiger partial charge in [-0.25, -0.2) is 0 Å². The van der Waals surface area contributed by atoms with Crippen molar-refractivity contribution in [1.29, 1.82) is 0 Å². The summed E-state index contributed by atoms with van der Waals surface area (Å²) in [5.74, 6) is 0.477. The molecule has 0 N–H and O–H groups in total. The zero-order chi connectivity index (χ0) is 13.1. The largest absolute Gasteiger partial charge is 0.492 e. The predicted molar refractivity (Wildman–Crippen MR) is 72.6 cm³/mol. The van der Waals surface area contributed by atoms with Crippen LogP contribution >= 0.6 is 11.6 Å². The van der Waals surface area contributed by atoms with Gasteiger partial charge in [-0.05, 0) is 18.2 Å². The van der Waals surface area contributed by atoms with Crippen LogP contribution < -0.4 is 4.74 Å². The highest BCUT2D eigenvalue weighted by molar-refractivity contribution is 6.30. The van der Waals surface area contributed by atoms with Crippen molar-refractivity contribution < 1.29 is 14.2 Å². The number of benzene rings is 1. The Hall–Kier alpha value is -0.810. The van der Waals surface area contributed by atoms with Crippen LogP contribution in [0, 0.1) is 0 Å². The number of hydrogen-bond acceptors (Lipinski definition) is 4. The maximum absolute atomic E-state index is 5.91. The van der Waals surface area contributed by atoms with Crippen LogP contribution in [0.1, 0.15) is 6.42 Å². The Morgan fingerprint density at radius 3 is 2.95 bits per heavy atom. The van der Waals surface area contributed by atoms with E-state index >= 15 is 0 Å². The molecule has 19 heavy (non-hydrogen) atoms. The van der Waals surface area contributed by atoms with E-state index in [4.69, 9.17) is 25.8 Å². The van der Waals surface area contributed by atoms with E-state index in [0.29, 0.717) is 24.8 Å². The number of hydrogen-bond donors (Lipinski definition) is 0. The van der Waals surface area contributed by atoms with Gasteiger partial charge in [0.05, 0.1) is 19.8 Å². The third-order valence-corrected chi connectivity index (χ3v) is 3.79. The number of likely N-dealkylation sites (tertiary alicyclic amines) is 1. The average molecular weight is 284 g/mol. The molecule has 0 aromatic heterocycles. The predicted octanol–water partition coefficient (Wildman–Crippen LogP) is 2.17. The van der Waals surface area contributed by atoms with E-state index < -0.39 is 0 Å². The number of ether oxygens (including phenoxy) is 3. The molecule has 0 unspecified atom stereocenters. The van der Waals surface area contributed by atoms with Gasteiger partial charge in [-0.2, -0.15) is 0 Å². The van der Waals surface area contributed by atoms with E-state index in [1.807, 2.05) is 24.3 Å². The van der Waals surface area contributed by atoms with Crippen LogP contribution in [0.4, 0.5) is 0 Å². The quantitative estimate of drug-likeness (QED) is 0.847. The van der Waals surface area contributed by atoms with Gasteiger partial charge in [-0.15, -0.1) is 0 Å². The highest BCUT2D eigenvalue weighted by Crippen LogP contribution is 2.30. The standard InChI is InChI=1S/C14H18ClNO3/c15-12-2-1-3-13(10-12)17-7-6-16-5-4-14(11-16)18-8-9-19-14/h1-3,10H,4-9,11H2. The highest BCUT2D eigenvalue weighted by atomic mass is 35.5. The van der Waals surface area contributed by atoms with Crippen molar-refractivity contribution in [2.24, 2.45) is 0 Å². The minimum atomic E-state index is -0.337. The van der Waals surface area contributed by atoms with Crippen LogP contribution in [-0.2, 0) is 9.47 Å². The molecule has 0 bridgehead atoms. The van der Waals surface area contributed by atoms with Gasteiger partial charge < -0.3 is 14.2 Å². The van der Waals surface area contributed by atoms with Gasteiger partial charge in [0.15, 0.2) is 5.79 Å². The molecule has 1 aromatic carbocycles. The second-order valence-electron chi connectivity index (χ2n) is 4.94. The molecule has 1 spiro atoms. The number of nitrogens with zero attached hydrogens (tertiary/aromatic N) is 1. The SMILES string of the molecule is Clc1cccc(OCCN2CCC3(C2)OCCO3)c1. The first-order valence-electron chi connectivity index (χ1n) is 6.64. The van der Waals surface area contributed by atoms with Gasteiger partial charge in [-0.3, -0.25) is 4.90 Å². The lowest BCUT2D eigenvalue weighted by Crippen LogP contribution is -2.35. The maximum Gasteiger partial charge on any atom is 0.182 e. The van der Waals surface area contributed by atoms with Gasteiger partial charge in [-0.1, -0.05) is 17.7 Å². The molecule has 1 aromatic rings. The number of halogens is 1. The first-order chi connectivity index (χ1) is 9.26. The average Bonchev–Trinajstić information content (AvgIpc) is 3.01.